The summed E-state index contributed by atoms with van der Waals surface area (Å²) in [6, 6.07) is 7.17. The molecular formula is C15H13ClN2O3. The summed E-state index contributed by atoms with van der Waals surface area (Å²) in [5.41, 5.74) is 3.69. The molecule has 6 heteroatoms. The number of carboxylic acid groups (broad SMARTS) is 1. The second-order valence-corrected chi connectivity index (χ2v) is 5.32. The maximum atomic E-state index is 11.1. The fourth-order valence-corrected chi connectivity index (χ4v) is 2.44. The number of hydrogen-bond acceptors (Lipinski definition) is 3. The number of furan rings is 1. The number of halogens is 1. The highest BCUT2D eigenvalue weighted by molar-refractivity contribution is 6.28. The minimum absolute atomic E-state index is 0.188. The van der Waals surface area contributed by atoms with Gasteiger partial charge in [0.1, 0.15) is 6.54 Å². The van der Waals surface area contributed by atoms with Crippen LogP contribution >= 0.6 is 11.6 Å². The van der Waals surface area contributed by atoms with Crippen LogP contribution in [-0.4, -0.2) is 20.6 Å². The summed E-state index contributed by atoms with van der Waals surface area (Å²) < 4.78 is 7.00. The van der Waals surface area contributed by atoms with Crippen LogP contribution < -0.4 is 0 Å². The van der Waals surface area contributed by atoms with E-state index in [1.165, 1.54) is 0 Å². The predicted octanol–water partition coefficient (Wildman–Crippen LogP) is 3.65. The molecule has 0 spiro atoms. The Labute approximate surface area is 125 Å². The van der Waals surface area contributed by atoms with Gasteiger partial charge in [-0.25, -0.2) is 4.98 Å². The monoisotopic (exact) mass is 304 g/mol. The summed E-state index contributed by atoms with van der Waals surface area (Å²) in [5, 5.41) is 9.38. The summed E-state index contributed by atoms with van der Waals surface area (Å²) >= 11 is 5.80. The van der Waals surface area contributed by atoms with Crippen LogP contribution in [0.1, 0.15) is 11.1 Å². The number of aliphatic carboxylic acids is 1. The lowest BCUT2D eigenvalue weighted by Crippen LogP contribution is -2.09. The number of fused-ring (bicyclic) bond motifs is 1. The summed E-state index contributed by atoms with van der Waals surface area (Å²) in [6.45, 7) is 3.79. The van der Waals surface area contributed by atoms with Crippen LogP contribution in [0.2, 0.25) is 5.22 Å². The summed E-state index contributed by atoms with van der Waals surface area (Å²) in [7, 11) is 0. The zero-order chi connectivity index (χ0) is 15.1. The maximum absolute atomic E-state index is 11.1. The fraction of sp³-hybridized carbons (Fsp3) is 0.200. The van der Waals surface area contributed by atoms with E-state index in [0.717, 1.165) is 22.2 Å². The molecule has 0 aliphatic rings. The third kappa shape index (κ3) is 2.40. The molecule has 5 nitrogen and oxygen atoms in total. The first kappa shape index (κ1) is 13.7. The van der Waals surface area contributed by atoms with Crippen molar-refractivity contribution in [1.82, 2.24) is 9.55 Å². The second kappa shape index (κ2) is 4.93. The number of aromatic nitrogens is 2. The molecule has 3 aromatic rings. The standard InChI is InChI=1S/C15H13ClN2O3/c1-8-5-10-11(6-9(8)2)18(7-14(19)20)15(17-10)12-3-4-13(16)21-12/h3-6H,7H2,1-2H3,(H,19,20). The summed E-state index contributed by atoms with van der Waals surface area (Å²) in [6.07, 6.45) is 0. The normalized spacial score (nSPS) is 11.2. The molecule has 0 bridgehead atoms. The fourth-order valence-electron chi connectivity index (χ4n) is 2.30. The van der Waals surface area contributed by atoms with E-state index in [1.807, 2.05) is 26.0 Å². The molecule has 0 amide bonds. The highest BCUT2D eigenvalue weighted by atomic mass is 35.5. The van der Waals surface area contributed by atoms with Crippen LogP contribution in [0.15, 0.2) is 28.7 Å². The average Bonchev–Trinajstić information content (AvgIpc) is 2.95. The van der Waals surface area contributed by atoms with Gasteiger partial charge in [0, 0.05) is 0 Å². The van der Waals surface area contributed by atoms with E-state index < -0.39 is 5.97 Å². The average molecular weight is 305 g/mol. The highest BCUT2D eigenvalue weighted by Crippen LogP contribution is 2.29. The molecule has 0 atom stereocenters. The van der Waals surface area contributed by atoms with Gasteiger partial charge in [-0.05, 0) is 60.8 Å². The molecule has 0 saturated heterocycles. The number of aryl methyl sites for hydroxylation is 2. The van der Waals surface area contributed by atoms with Gasteiger partial charge in [-0.1, -0.05) is 0 Å². The molecule has 0 fully saturated rings. The number of benzene rings is 1. The SMILES string of the molecule is Cc1cc2nc(-c3ccc(Cl)o3)n(CC(=O)O)c2cc1C. The van der Waals surface area contributed by atoms with Crippen molar-refractivity contribution >= 4 is 28.6 Å². The van der Waals surface area contributed by atoms with Gasteiger partial charge in [0.05, 0.1) is 11.0 Å². The third-order valence-electron chi connectivity index (χ3n) is 3.45. The molecule has 0 radical (unpaired) electrons. The quantitative estimate of drug-likeness (QED) is 0.802. The van der Waals surface area contributed by atoms with Gasteiger partial charge in [-0.15, -0.1) is 0 Å². The van der Waals surface area contributed by atoms with Crippen molar-refractivity contribution in [2.24, 2.45) is 0 Å². The lowest BCUT2D eigenvalue weighted by Gasteiger charge is -2.05. The van der Waals surface area contributed by atoms with Crippen LogP contribution in [0, 0.1) is 13.8 Å². The lowest BCUT2D eigenvalue weighted by atomic mass is 10.1. The zero-order valence-electron chi connectivity index (χ0n) is 11.6. The first-order valence-corrected chi connectivity index (χ1v) is 6.78. The summed E-state index contributed by atoms with van der Waals surface area (Å²) in [4.78, 5) is 15.6. The Morgan fingerprint density at radius 3 is 2.67 bits per heavy atom. The molecular weight excluding hydrogens is 292 g/mol. The minimum atomic E-state index is -0.938. The Morgan fingerprint density at radius 1 is 1.33 bits per heavy atom. The molecule has 0 unspecified atom stereocenters. The van der Waals surface area contributed by atoms with Crippen molar-refractivity contribution in [2.75, 3.05) is 0 Å². The van der Waals surface area contributed by atoms with Crippen LogP contribution in [0.3, 0.4) is 0 Å². The Kier molecular flexibility index (Phi) is 3.22. The minimum Gasteiger partial charge on any atom is -0.480 e. The molecule has 0 aliphatic carbocycles. The molecule has 1 aromatic carbocycles. The van der Waals surface area contributed by atoms with Crippen molar-refractivity contribution in [3.05, 3.63) is 40.6 Å². The van der Waals surface area contributed by atoms with Crippen LogP contribution in [0.5, 0.6) is 0 Å². The Morgan fingerprint density at radius 2 is 2.05 bits per heavy atom. The Hall–Kier alpha value is -2.27. The number of nitrogens with zero attached hydrogens (tertiary/aromatic N) is 2. The number of rotatable bonds is 3. The zero-order valence-corrected chi connectivity index (χ0v) is 12.3. The smallest absolute Gasteiger partial charge is 0.323 e. The van der Waals surface area contributed by atoms with E-state index in [2.05, 4.69) is 4.98 Å². The molecule has 0 aliphatic heterocycles. The molecule has 21 heavy (non-hydrogen) atoms. The number of carboxylic acids is 1. The van der Waals surface area contributed by atoms with E-state index in [4.69, 9.17) is 21.1 Å². The molecule has 108 valence electrons. The van der Waals surface area contributed by atoms with Crippen molar-refractivity contribution < 1.29 is 14.3 Å². The van der Waals surface area contributed by atoms with Gasteiger partial charge >= 0.3 is 5.97 Å². The van der Waals surface area contributed by atoms with Gasteiger partial charge < -0.3 is 14.1 Å². The first-order chi connectivity index (χ1) is 9.95. The topological polar surface area (TPSA) is 68.3 Å². The van der Waals surface area contributed by atoms with Crippen LogP contribution in [-0.2, 0) is 11.3 Å². The van der Waals surface area contributed by atoms with Gasteiger partial charge in [-0.2, -0.15) is 0 Å². The van der Waals surface area contributed by atoms with E-state index in [9.17, 15) is 4.79 Å². The Bertz CT molecular complexity index is 848. The van der Waals surface area contributed by atoms with Crippen LogP contribution in [0.25, 0.3) is 22.6 Å². The van der Waals surface area contributed by atoms with Crippen molar-refractivity contribution in [3.8, 4) is 11.6 Å². The number of imidazole rings is 1. The summed E-state index contributed by atoms with van der Waals surface area (Å²) in [5.74, 6) is -0.0245. The van der Waals surface area contributed by atoms with Crippen molar-refractivity contribution in [1.29, 1.82) is 0 Å². The third-order valence-corrected chi connectivity index (χ3v) is 3.65. The Balaban J connectivity index is 2.29. The highest BCUT2D eigenvalue weighted by Gasteiger charge is 2.18. The van der Waals surface area contributed by atoms with Gasteiger partial charge in [0.2, 0.25) is 0 Å². The molecule has 0 saturated carbocycles. The maximum Gasteiger partial charge on any atom is 0.323 e. The second-order valence-electron chi connectivity index (χ2n) is 4.94. The van der Waals surface area contributed by atoms with Crippen molar-refractivity contribution in [3.63, 3.8) is 0 Å². The van der Waals surface area contributed by atoms with Gasteiger partial charge in [-0.3, -0.25) is 4.79 Å². The molecule has 1 N–H and O–H groups in total. The van der Waals surface area contributed by atoms with Gasteiger partial charge in [0.25, 0.3) is 0 Å². The predicted molar refractivity (Wildman–Crippen MR) is 79.6 cm³/mol. The largest absolute Gasteiger partial charge is 0.480 e. The van der Waals surface area contributed by atoms with Crippen molar-refractivity contribution in [2.45, 2.75) is 20.4 Å². The van der Waals surface area contributed by atoms with E-state index in [-0.39, 0.29) is 11.8 Å². The number of hydrogen-bond donors (Lipinski definition) is 1. The molecule has 2 aromatic heterocycles. The van der Waals surface area contributed by atoms with E-state index in [1.54, 1.807) is 16.7 Å². The first-order valence-electron chi connectivity index (χ1n) is 6.40. The van der Waals surface area contributed by atoms with E-state index in [0.29, 0.717) is 11.6 Å². The molecule has 3 rings (SSSR count). The van der Waals surface area contributed by atoms with Gasteiger partial charge in [0.15, 0.2) is 16.8 Å². The number of carbonyl (C=O) groups is 1. The lowest BCUT2D eigenvalue weighted by molar-refractivity contribution is -0.137. The molecule has 2 heterocycles. The van der Waals surface area contributed by atoms with Crippen LogP contribution in [0.4, 0.5) is 0 Å². The van der Waals surface area contributed by atoms with E-state index >= 15 is 0 Å².